The lowest BCUT2D eigenvalue weighted by Gasteiger charge is -2.16. The van der Waals surface area contributed by atoms with E-state index in [2.05, 4.69) is 4.98 Å². The van der Waals surface area contributed by atoms with Crippen LogP contribution in [0.1, 0.15) is 25.7 Å². The highest BCUT2D eigenvalue weighted by Crippen LogP contribution is 2.28. The highest BCUT2D eigenvalue weighted by molar-refractivity contribution is 5.27. The highest BCUT2D eigenvalue weighted by Gasteiger charge is 2.25. The van der Waals surface area contributed by atoms with Crippen molar-refractivity contribution in [1.29, 1.82) is 0 Å². The molecule has 1 aliphatic carbocycles. The Bertz CT molecular complexity index is 352. The zero-order valence-corrected chi connectivity index (χ0v) is 9.83. The molecule has 0 saturated heterocycles. The predicted molar refractivity (Wildman–Crippen MR) is 60.5 cm³/mol. The van der Waals surface area contributed by atoms with Crippen molar-refractivity contribution in [2.24, 2.45) is 5.92 Å². The molecule has 0 spiro atoms. The summed E-state index contributed by atoms with van der Waals surface area (Å²) in [6, 6.07) is 1.65. The number of hydrogen-bond acceptors (Lipinski definition) is 5. The van der Waals surface area contributed by atoms with Crippen LogP contribution in [0.25, 0.3) is 0 Å². The molecule has 2 rings (SSSR count). The van der Waals surface area contributed by atoms with Gasteiger partial charge in [-0.15, -0.1) is 0 Å². The minimum absolute atomic E-state index is 0.175. The van der Waals surface area contributed by atoms with E-state index in [-0.39, 0.29) is 5.92 Å². The van der Waals surface area contributed by atoms with Gasteiger partial charge in [-0.05, 0) is 12.8 Å². The fraction of sp³-hybridized carbons (Fsp3) is 0.583. The van der Waals surface area contributed by atoms with E-state index < -0.39 is 6.29 Å². The van der Waals surface area contributed by atoms with Gasteiger partial charge in [-0.2, -0.15) is 4.89 Å². The number of methoxy groups -OCH3 is 1. The van der Waals surface area contributed by atoms with Crippen molar-refractivity contribution in [2.75, 3.05) is 7.11 Å². The molecule has 0 radical (unpaired) electrons. The molecule has 94 valence electrons. The maximum absolute atomic E-state index is 9.74. The second-order valence-electron chi connectivity index (χ2n) is 4.18. The Balaban J connectivity index is 1.83. The van der Waals surface area contributed by atoms with Gasteiger partial charge in [-0.3, -0.25) is 4.98 Å². The van der Waals surface area contributed by atoms with Gasteiger partial charge in [0.15, 0.2) is 5.75 Å². The monoisotopic (exact) mass is 239 g/mol. The minimum Gasteiger partial charge on any atom is -0.495 e. The van der Waals surface area contributed by atoms with Crippen molar-refractivity contribution in [3.05, 3.63) is 18.5 Å². The Morgan fingerprint density at radius 1 is 1.29 bits per heavy atom. The second-order valence-corrected chi connectivity index (χ2v) is 4.18. The zero-order valence-electron chi connectivity index (χ0n) is 9.83. The van der Waals surface area contributed by atoms with E-state index in [1.165, 1.54) is 6.20 Å². The molecule has 1 N–H and O–H groups in total. The van der Waals surface area contributed by atoms with Crippen molar-refractivity contribution >= 4 is 0 Å². The number of hydrogen-bond donors (Lipinski definition) is 1. The summed E-state index contributed by atoms with van der Waals surface area (Å²) < 4.78 is 5.00. The van der Waals surface area contributed by atoms with Crippen molar-refractivity contribution in [1.82, 2.24) is 4.98 Å². The molecular weight excluding hydrogens is 222 g/mol. The summed E-state index contributed by atoms with van der Waals surface area (Å²) in [5, 5.41) is 9.74. The predicted octanol–water partition coefficient (Wildman–Crippen LogP) is 1.91. The number of aliphatic hydroxyl groups is 1. The largest absolute Gasteiger partial charge is 0.495 e. The third kappa shape index (κ3) is 3.31. The lowest BCUT2D eigenvalue weighted by atomic mass is 10.1. The van der Waals surface area contributed by atoms with E-state index in [1.54, 1.807) is 19.4 Å². The molecule has 1 heterocycles. The van der Waals surface area contributed by atoms with E-state index in [4.69, 9.17) is 14.5 Å². The van der Waals surface area contributed by atoms with Crippen molar-refractivity contribution < 1.29 is 19.6 Å². The number of aliphatic hydroxyl groups excluding tert-OH is 1. The molecule has 5 heteroatoms. The van der Waals surface area contributed by atoms with Gasteiger partial charge in [-0.1, -0.05) is 12.8 Å². The summed E-state index contributed by atoms with van der Waals surface area (Å²) in [6.07, 6.45) is 6.47. The first kappa shape index (κ1) is 12.1. The molecule has 1 fully saturated rings. The maximum Gasteiger partial charge on any atom is 0.203 e. The van der Waals surface area contributed by atoms with E-state index in [0.717, 1.165) is 25.7 Å². The fourth-order valence-electron chi connectivity index (χ4n) is 1.98. The third-order valence-electron chi connectivity index (χ3n) is 2.97. The van der Waals surface area contributed by atoms with Gasteiger partial charge in [0.05, 0.1) is 19.5 Å². The van der Waals surface area contributed by atoms with E-state index in [1.807, 2.05) is 0 Å². The normalized spacial score (nSPS) is 18.0. The van der Waals surface area contributed by atoms with Gasteiger partial charge in [0, 0.05) is 12.0 Å². The quantitative estimate of drug-likeness (QED) is 0.483. The van der Waals surface area contributed by atoms with Crippen molar-refractivity contribution in [3.63, 3.8) is 0 Å². The van der Waals surface area contributed by atoms with Crippen LogP contribution in [0.4, 0.5) is 0 Å². The van der Waals surface area contributed by atoms with Gasteiger partial charge in [0.1, 0.15) is 5.75 Å². The Labute approximate surface area is 100 Å². The summed E-state index contributed by atoms with van der Waals surface area (Å²) in [7, 11) is 1.55. The lowest BCUT2D eigenvalue weighted by Crippen LogP contribution is -2.23. The fourth-order valence-corrected chi connectivity index (χ4v) is 1.98. The molecule has 0 unspecified atom stereocenters. The number of aromatic nitrogens is 1. The highest BCUT2D eigenvalue weighted by atomic mass is 17.2. The molecule has 0 aliphatic heterocycles. The molecule has 0 amide bonds. The van der Waals surface area contributed by atoms with Crippen LogP contribution >= 0.6 is 0 Å². The molecule has 1 saturated carbocycles. The third-order valence-corrected chi connectivity index (χ3v) is 2.97. The van der Waals surface area contributed by atoms with Gasteiger partial charge in [0.2, 0.25) is 6.29 Å². The van der Waals surface area contributed by atoms with Gasteiger partial charge in [0.25, 0.3) is 0 Å². The molecular formula is C12H17NO4. The van der Waals surface area contributed by atoms with Crippen LogP contribution in [0, 0.1) is 5.92 Å². The molecule has 0 aromatic carbocycles. The van der Waals surface area contributed by atoms with Crippen LogP contribution in [-0.2, 0) is 4.89 Å². The van der Waals surface area contributed by atoms with Crippen molar-refractivity contribution in [2.45, 2.75) is 32.0 Å². The molecule has 5 nitrogen and oxygen atoms in total. The maximum atomic E-state index is 9.74. The summed E-state index contributed by atoms with van der Waals surface area (Å²) in [4.78, 5) is 13.9. The second kappa shape index (κ2) is 5.84. The zero-order chi connectivity index (χ0) is 12.1. The molecule has 0 bridgehead atoms. The smallest absolute Gasteiger partial charge is 0.203 e. The van der Waals surface area contributed by atoms with E-state index in [0.29, 0.717) is 11.5 Å². The van der Waals surface area contributed by atoms with Crippen LogP contribution in [0.3, 0.4) is 0 Å². The van der Waals surface area contributed by atoms with Gasteiger partial charge < -0.3 is 14.7 Å². The molecule has 17 heavy (non-hydrogen) atoms. The van der Waals surface area contributed by atoms with Gasteiger partial charge in [-0.25, -0.2) is 0 Å². The van der Waals surface area contributed by atoms with Gasteiger partial charge >= 0.3 is 0 Å². The number of ether oxygens (including phenoxy) is 1. The van der Waals surface area contributed by atoms with E-state index >= 15 is 0 Å². The van der Waals surface area contributed by atoms with Crippen LogP contribution in [-0.4, -0.2) is 23.5 Å². The summed E-state index contributed by atoms with van der Waals surface area (Å²) in [5.41, 5.74) is 0. The number of nitrogens with zero attached hydrogens (tertiary/aromatic N) is 1. The molecule has 1 atom stereocenters. The SMILES string of the molecule is COc1cncc(OO[C@H](O)C2CCCC2)c1. The van der Waals surface area contributed by atoms with Crippen LogP contribution < -0.4 is 9.62 Å². The molecule has 1 aromatic rings. The topological polar surface area (TPSA) is 60.8 Å². The Hall–Kier alpha value is -1.33. The standard InChI is InChI=1S/C12H17NO4/c1-15-10-6-11(8-13-7-10)16-17-12(14)9-4-2-3-5-9/h6-9,12,14H,2-5H2,1H3/t12-/m0/s1. The Morgan fingerprint density at radius 2 is 2.00 bits per heavy atom. The van der Waals surface area contributed by atoms with Crippen LogP contribution in [0.2, 0.25) is 0 Å². The average Bonchev–Trinajstić information content (AvgIpc) is 2.90. The summed E-state index contributed by atoms with van der Waals surface area (Å²) >= 11 is 0. The van der Waals surface area contributed by atoms with Crippen LogP contribution in [0.15, 0.2) is 18.5 Å². The first-order chi connectivity index (χ1) is 8.29. The van der Waals surface area contributed by atoms with Crippen molar-refractivity contribution in [3.8, 4) is 11.5 Å². The minimum atomic E-state index is -0.872. The Morgan fingerprint density at radius 3 is 2.71 bits per heavy atom. The molecule has 1 aliphatic rings. The number of rotatable bonds is 5. The average molecular weight is 239 g/mol. The van der Waals surface area contributed by atoms with E-state index in [9.17, 15) is 5.11 Å². The summed E-state index contributed by atoms with van der Waals surface area (Å²) in [6.45, 7) is 0. The lowest BCUT2D eigenvalue weighted by molar-refractivity contribution is -0.320. The first-order valence-electron chi connectivity index (χ1n) is 5.80. The Kier molecular flexibility index (Phi) is 4.17. The number of pyridine rings is 1. The first-order valence-corrected chi connectivity index (χ1v) is 5.80. The van der Waals surface area contributed by atoms with Crippen LogP contribution in [0.5, 0.6) is 11.5 Å². The summed E-state index contributed by atoms with van der Waals surface area (Å²) in [5.74, 6) is 1.18. The molecule has 1 aromatic heterocycles.